The van der Waals surface area contributed by atoms with Gasteiger partial charge in [-0.15, -0.1) is 0 Å². The first-order valence-electron chi connectivity index (χ1n) is 7.02. The van der Waals surface area contributed by atoms with Crippen LogP contribution in [-0.4, -0.2) is 26.5 Å². The zero-order chi connectivity index (χ0) is 15.5. The zero-order valence-electron chi connectivity index (χ0n) is 12.5. The van der Waals surface area contributed by atoms with Crippen LogP contribution in [0, 0.1) is 0 Å². The Hall–Kier alpha value is -2.69. The molecule has 0 radical (unpaired) electrons. The standard InChI is InChI=1S/C17H17NO4/c1-18-17(19)22-15-10-12-4-3-5-14(16(12)21-15)11-6-8-13(20-2)9-7-11/h3-9,15H,10H2,1-2H3,(H,18,19). The molecule has 1 aliphatic heterocycles. The second kappa shape index (κ2) is 5.97. The maximum atomic E-state index is 11.3. The fourth-order valence-electron chi connectivity index (χ4n) is 2.48. The largest absolute Gasteiger partial charge is 0.497 e. The molecule has 2 aromatic rings. The van der Waals surface area contributed by atoms with Crippen molar-refractivity contribution >= 4 is 6.09 Å². The van der Waals surface area contributed by atoms with Crippen molar-refractivity contribution < 1.29 is 19.0 Å². The summed E-state index contributed by atoms with van der Waals surface area (Å²) in [6.45, 7) is 0. The SMILES string of the molecule is CNC(=O)OC1Cc2cccc(-c3ccc(OC)cc3)c2O1. The summed E-state index contributed by atoms with van der Waals surface area (Å²) >= 11 is 0. The van der Waals surface area contributed by atoms with Crippen LogP contribution in [0.15, 0.2) is 42.5 Å². The number of nitrogens with one attached hydrogen (secondary N) is 1. The van der Waals surface area contributed by atoms with E-state index in [1.165, 1.54) is 7.05 Å². The Morgan fingerprint density at radius 2 is 2.00 bits per heavy atom. The molecule has 1 aliphatic rings. The summed E-state index contributed by atoms with van der Waals surface area (Å²) in [6.07, 6.45) is -0.537. The third kappa shape index (κ3) is 2.70. The third-order valence-electron chi connectivity index (χ3n) is 3.58. The maximum Gasteiger partial charge on any atom is 0.409 e. The lowest BCUT2D eigenvalue weighted by Crippen LogP contribution is -2.28. The van der Waals surface area contributed by atoms with Gasteiger partial charge in [-0.2, -0.15) is 0 Å². The average molecular weight is 299 g/mol. The Morgan fingerprint density at radius 1 is 1.23 bits per heavy atom. The summed E-state index contributed by atoms with van der Waals surface area (Å²) in [6, 6.07) is 13.7. The molecule has 1 unspecified atom stereocenters. The molecule has 1 N–H and O–H groups in total. The lowest BCUT2D eigenvalue weighted by atomic mass is 10.0. The molecular formula is C17H17NO4. The summed E-state index contributed by atoms with van der Waals surface area (Å²) in [7, 11) is 3.16. The van der Waals surface area contributed by atoms with E-state index in [9.17, 15) is 4.79 Å². The number of benzene rings is 2. The summed E-state index contributed by atoms with van der Waals surface area (Å²) < 4.78 is 16.2. The predicted molar refractivity (Wildman–Crippen MR) is 82.1 cm³/mol. The van der Waals surface area contributed by atoms with Gasteiger partial charge in [-0.3, -0.25) is 0 Å². The second-order valence-electron chi connectivity index (χ2n) is 4.93. The highest BCUT2D eigenvalue weighted by molar-refractivity contribution is 5.73. The highest BCUT2D eigenvalue weighted by Gasteiger charge is 2.28. The van der Waals surface area contributed by atoms with Gasteiger partial charge in [0.05, 0.1) is 13.5 Å². The topological polar surface area (TPSA) is 56.8 Å². The zero-order valence-corrected chi connectivity index (χ0v) is 12.5. The molecule has 22 heavy (non-hydrogen) atoms. The van der Waals surface area contributed by atoms with Crippen molar-refractivity contribution in [3.8, 4) is 22.6 Å². The highest BCUT2D eigenvalue weighted by Crippen LogP contribution is 2.39. The number of rotatable bonds is 3. The van der Waals surface area contributed by atoms with Crippen LogP contribution in [0.1, 0.15) is 5.56 Å². The number of alkyl carbamates (subject to hydrolysis) is 1. The van der Waals surface area contributed by atoms with Crippen LogP contribution < -0.4 is 14.8 Å². The maximum absolute atomic E-state index is 11.3. The Balaban J connectivity index is 1.87. The summed E-state index contributed by atoms with van der Waals surface area (Å²) in [5, 5.41) is 2.42. The van der Waals surface area contributed by atoms with Gasteiger partial charge < -0.3 is 19.5 Å². The number of carbonyl (C=O) groups excluding carboxylic acids is 1. The quantitative estimate of drug-likeness (QED) is 0.946. The molecule has 0 aromatic heterocycles. The predicted octanol–water partition coefficient (Wildman–Crippen LogP) is 2.98. The van der Waals surface area contributed by atoms with Crippen molar-refractivity contribution in [1.29, 1.82) is 0 Å². The number of fused-ring (bicyclic) bond motifs is 1. The van der Waals surface area contributed by atoms with Crippen LogP contribution in [0.3, 0.4) is 0 Å². The van der Waals surface area contributed by atoms with Crippen molar-refractivity contribution in [1.82, 2.24) is 5.32 Å². The monoisotopic (exact) mass is 299 g/mol. The van der Waals surface area contributed by atoms with Gasteiger partial charge in [-0.05, 0) is 17.7 Å². The molecule has 2 aromatic carbocycles. The number of carbonyl (C=O) groups is 1. The molecule has 0 aliphatic carbocycles. The third-order valence-corrected chi connectivity index (χ3v) is 3.58. The Bertz CT molecular complexity index is 682. The van der Waals surface area contributed by atoms with Gasteiger partial charge in [0, 0.05) is 18.2 Å². The van der Waals surface area contributed by atoms with Crippen molar-refractivity contribution in [3.63, 3.8) is 0 Å². The first kappa shape index (κ1) is 14.3. The van der Waals surface area contributed by atoms with E-state index >= 15 is 0 Å². The van der Waals surface area contributed by atoms with Gasteiger partial charge in [0.2, 0.25) is 6.29 Å². The number of amides is 1. The smallest absolute Gasteiger partial charge is 0.409 e. The van der Waals surface area contributed by atoms with Crippen molar-refractivity contribution in [2.45, 2.75) is 12.7 Å². The van der Waals surface area contributed by atoms with Crippen LogP contribution in [-0.2, 0) is 11.2 Å². The highest BCUT2D eigenvalue weighted by atomic mass is 16.7. The molecule has 114 valence electrons. The molecule has 0 fully saturated rings. The van der Waals surface area contributed by atoms with Gasteiger partial charge in [-0.1, -0.05) is 30.3 Å². The normalized spacial score (nSPS) is 15.6. The molecule has 1 amide bonds. The lowest BCUT2D eigenvalue weighted by Gasteiger charge is -2.13. The second-order valence-corrected chi connectivity index (χ2v) is 4.93. The molecule has 5 heteroatoms. The number of hydrogen-bond donors (Lipinski definition) is 1. The van der Waals surface area contributed by atoms with E-state index in [0.29, 0.717) is 6.42 Å². The van der Waals surface area contributed by atoms with Crippen LogP contribution in [0.2, 0.25) is 0 Å². The number of ether oxygens (including phenoxy) is 3. The lowest BCUT2D eigenvalue weighted by molar-refractivity contribution is -0.0153. The van der Waals surface area contributed by atoms with E-state index < -0.39 is 12.4 Å². The van der Waals surface area contributed by atoms with Crippen molar-refractivity contribution in [3.05, 3.63) is 48.0 Å². The molecule has 0 bridgehead atoms. The van der Waals surface area contributed by atoms with E-state index in [4.69, 9.17) is 14.2 Å². The minimum atomic E-state index is -0.589. The molecule has 1 atom stereocenters. The molecule has 0 saturated heterocycles. The Labute approximate surface area is 128 Å². The van der Waals surface area contributed by atoms with E-state index in [2.05, 4.69) is 5.32 Å². The van der Waals surface area contributed by atoms with Crippen LogP contribution >= 0.6 is 0 Å². The van der Waals surface area contributed by atoms with E-state index in [1.807, 2.05) is 42.5 Å². The van der Waals surface area contributed by atoms with Gasteiger partial charge in [0.15, 0.2) is 0 Å². The first-order valence-corrected chi connectivity index (χ1v) is 7.02. The van der Waals surface area contributed by atoms with Crippen LogP contribution in [0.4, 0.5) is 4.79 Å². The number of hydrogen-bond acceptors (Lipinski definition) is 4. The van der Waals surface area contributed by atoms with Crippen molar-refractivity contribution in [2.24, 2.45) is 0 Å². The first-order chi connectivity index (χ1) is 10.7. The van der Waals surface area contributed by atoms with Crippen molar-refractivity contribution in [2.75, 3.05) is 14.2 Å². The molecule has 5 nitrogen and oxygen atoms in total. The summed E-state index contributed by atoms with van der Waals surface area (Å²) in [5.41, 5.74) is 3.03. The van der Waals surface area contributed by atoms with Gasteiger partial charge in [0.1, 0.15) is 11.5 Å². The molecule has 0 saturated carbocycles. The molecular weight excluding hydrogens is 282 g/mol. The summed E-state index contributed by atoms with van der Waals surface area (Å²) in [5.74, 6) is 1.57. The Morgan fingerprint density at radius 3 is 2.68 bits per heavy atom. The fraction of sp³-hybridized carbons (Fsp3) is 0.235. The van der Waals surface area contributed by atoms with Crippen LogP contribution in [0.5, 0.6) is 11.5 Å². The van der Waals surface area contributed by atoms with Gasteiger partial charge in [-0.25, -0.2) is 4.79 Å². The number of methoxy groups -OCH3 is 1. The van der Waals surface area contributed by atoms with Gasteiger partial charge in [0.25, 0.3) is 0 Å². The molecule has 3 rings (SSSR count). The number of para-hydroxylation sites is 1. The minimum Gasteiger partial charge on any atom is -0.497 e. The fourth-order valence-corrected chi connectivity index (χ4v) is 2.48. The molecule has 1 heterocycles. The van der Waals surface area contributed by atoms with Gasteiger partial charge >= 0.3 is 6.09 Å². The van der Waals surface area contributed by atoms with E-state index in [1.54, 1.807) is 7.11 Å². The minimum absolute atomic E-state index is 0.496. The van der Waals surface area contributed by atoms with E-state index in [-0.39, 0.29) is 0 Å². The molecule has 0 spiro atoms. The Kier molecular flexibility index (Phi) is 3.87. The van der Waals surface area contributed by atoms with Crippen LogP contribution in [0.25, 0.3) is 11.1 Å². The van der Waals surface area contributed by atoms with E-state index in [0.717, 1.165) is 28.2 Å². The summed E-state index contributed by atoms with van der Waals surface area (Å²) in [4.78, 5) is 11.3. The average Bonchev–Trinajstić information content (AvgIpc) is 2.97.